The molecule has 1 aromatic heterocycles. The van der Waals surface area contributed by atoms with Crippen LogP contribution in [-0.4, -0.2) is 29.2 Å². The van der Waals surface area contributed by atoms with Gasteiger partial charge in [0.1, 0.15) is 23.3 Å². The summed E-state index contributed by atoms with van der Waals surface area (Å²) in [5, 5.41) is 0. The molecule has 0 radical (unpaired) electrons. The summed E-state index contributed by atoms with van der Waals surface area (Å²) in [5.74, 6) is 0.0937. The molecule has 32 heavy (non-hydrogen) atoms. The number of furan rings is 1. The second kappa shape index (κ2) is 5.75. The first kappa shape index (κ1) is 20.6. The molecule has 0 N–H and O–H groups in total. The monoisotopic (exact) mass is 440 g/mol. The van der Waals surface area contributed by atoms with Gasteiger partial charge in [-0.3, -0.25) is 9.59 Å². The van der Waals surface area contributed by atoms with Crippen molar-refractivity contribution in [3.05, 3.63) is 24.2 Å². The van der Waals surface area contributed by atoms with Crippen molar-refractivity contribution in [3.63, 3.8) is 0 Å². The number of fused-ring (bicyclic) bond motifs is 3. The fourth-order valence-corrected chi connectivity index (χ4v) is 9.05. The molecular formula is C26H32O6. The molecular weight excluding hydrogens is 408 g/mol. The molecule has 5 aliphatic rings. The van der Waals surface area contributed by atoms with E-state index in [4.69, 9.17) is 13.9 Å². The molecule has 8 atom stereocenters. The molecule has 172 valence electrons. The molecule has 2 aliphatic heterocycles. The molecule has 6 heteroatoms. The van der Waals surface area contributed by atoms with Gasteiger partial charge in [-0.05, 0) is 49.5 Å². The van der Waals surface area contributed by atoms with Crippen molar-refractivity contribution >= 4 is 17.5 Å². The van der Waals surface area contributed by atoms with Gasteiger partial charge in [0.05, 0.1) is 17.9 Å². The van der Waals surface area contributed by atoms with E-state index in [1.165, 1.54) is 0 Å². The number of carbonyl (C=O) groups is 3. The third kappa shape index (κ3) is 1.97. The van der Waals surface area contributed by atoms with Crippen molar-refractivity contribution < 1.29 is 28.3 Å². The first-order chi connectivity index (χ1) is 14.9. The number of Topliss-reactive ketones (excluding diaryl/α,β-unsaturated/α-hetero) is 2. The highest BCUT2D eigenvalue weighted by molar-refractivity contribution is 5.94. The van der Waals surface area contributed by atoms with Gasteiger partial charge in [-0.2, -0.15) is 0 Å². The van der Waals surface area contributed by atoms with E-state index in [1.54, 1.807) is 12.5 Å². The number of ether oxygens (including phenoxy) is 2. The highest BCUT2D eigenvalue weighted by atomic mass is 16.7. The number of cyclic esters (lactones) is 1. The quantitative estimate of drug-likeness (QED) is 0.475. The molecule has 6 nitrogen and oxygen atoms in total. The smallest absolute Gasteiger partial charge is 0.339 e. The summed E-state index contributed by atoms with van der Waals surface area (Å²) in [6, 6.07) is 1.84. The summed E-state index contributed by atoms with van der Waals surface area (Å²) in [6.45, 7) is 10.5. The zero-order valence-corrected chi connectivity index (χ0v) is 19.5. The Morgan fingerprint density at radius 2 is 1.69 bits per heavy atom. The number of hydrogen-bond donors (Lipinski definition) is 0. The number of hydrogen-bond acceptors (Lipinski definition) is 6. The van der Waals surface area contributed by atoms with Gasteiger partial charge in [-0.15, -0.1) is 0 Å². The normalized spacial score (nSPS) is 51.1. The standard InChI is InChI=1S/C26H32O6/c1-22(2)16-12-18(28)25(5)15(23(16,3)9-7-17(22)27)6-10-24(4)19(14-8-11-30-13-14)31-21(29)20-26(24,25)32-20/h8,11,13,15-16,19-20H,6-7,9-10,12H2,1-5H3/t15-,16+,19-,20+,23+,24-,25-,26+/m0/s1. The average molecular weight is 441 g/mol. The summed E-state index contributed by atoms with van der Waals surface area (Å²) in [7, 11) is 0. The lowest BCUT2D eigenvalue weighted by atomic mass is 9.35. The lowest BCUT2D eigenvalue weighted by Gasteiger charge is -2.67. The molecule has 2 saturated heterocycles. The van der Waals surface area contributed by atoms with Gasteiger partial charge in [0.15, 0.2) is 6.10 Å². The van der Waals surface area contributed by atoms with Crippen LogP contribution < -0.4 is 0 Å². The zero-order valence-electron chi connectivity index (χ0n) is 19.5. The number of ketones is 2. The van der Waals surface area contributed by atoms with Crippen molar-refractivity contribution in [1.82, 2.24) is 0 Å². The van der Waals surface area contributed by atoms with Crippen LogP contribution in [0.4, 0.5) is 0 Å². The molecule has 6 rings (SSSR count). The maximum atomic E-state index is 14.1. The van der Waals surface area contributed by atoms with Gasteiger partial charge in [0, 0.05) is 29.2 Å². The van der Waals surface area contributed by atoms with Crippen LogP contribution in [0.1, 0.15) is 78.4 Å². The Labute approximate surface area is 188 Å². The van der Waals surface area contributed by atoms with Crippen LogP contribution in [0, 0.1) is 33.5 Å². The fraction of sp³-hybridized carbons (Fsp3) is 0.731. The topological polar surface area (TPSA) is 86.1 Å². The molecule has 3 saturated carbocycles. The van der Waals surface area contributed by atoms with Crippen molar-refractivity contribution in [2.24, 2.45) is 33.5 Å². The largest absolute Gasteiger partial charge is 0.472 e. The molecule has 0 amide bonds. The van der Waals surface area contributed by atoms with Crippen molar-refractivity contribution in [2.75, 3.05) is 0 Å². The van der Waals surface area contributed by atoms with Crippen LogP contribution >= 0.6 is 0 Å². The first-order valence-corrected chi connectivity index (χ1v) is 11.9. The van der Waals surface area contributed by atoms with Crippen molar-refractivity contribution in [3.8, 4) is 0 Å². The Morgan fingerprint density at radius 1 is 0.938 bits per heavy atom. The molecule has 3 aliphatic carbocycles. The van der Waals surface area contributed by atoms with E-state index in [-0.39, 0.29) is 34.8 Å². The molecule has 0 bridgehead atoms. The van der Waals surface area contributed by atoms with Crippen molar-refractivity contribution in [1.29, 1.82) is 0 Å². The first-order valence-electron chi connectivity index (χ1n) is 11.9. The summed E-state index contributed by atoms with van der Waals surface area (Å²) in [6.07, 6.45) is 5.35. The maximum absolute atomic E-state index is 14.1. The molecule has 1 spiro atoms. The number of epoxide rings is 1. The second-order valence-corrected chi connectivity index (χ2v) is 12.1. The van der Waals surface area contributed by atoms with Crippen LogP contribution in [0.3, 0.4) is 0 Å². The van der Waals surface area contributed by atoms with Crippen molar-refractivity contribution in [2.45, 2.75) is 84.5 Å². The minimum Gasteiger partial charge on any atom is -0.472 e. The minimum atomic E-state index is -0.878. The van der Waals surface area contributed by atoms with Gasteiger partial charge in [-0.25, -0.2) is 4.79 Å². The van der Waals surface area contributed by atoms with E-state index in [1.807, 2.05) is 26.8 Å². The minimum absolute atomic E-state index is 0.0139. The van der Waals surface area contributed by atoms with E-state index in [0.717, 1.165) is 24.8 Å². The Hall–Kier alpha value is -1.95. The van der Waals surface area contributed by atoms with Gasteiger partial charge < -0.3 is 13.9 Å². The predicted molar refractivity (Wildman–Crippen MR) is 113 cm³/mol. The van der Waals surface area contributed by atoms with E-state index in [0.29, 0.717) is 12.8 Å². The summed E-state index contributed by atoms with van der Waals surface area (Å²) in [5.41, 5.74) is -2.06. The lowest BCUT2D eigenvalue weighted by molar-refractivity contribution is -0.220. The third-order valence-corrected chi connectivity index (χ3v) is 10.8. The van der Waals surface area contributed by atoms with Crippen LogP contribution in [0.2, 0.25) is 0 Å². The van der Waals surface area contributed by atoms with Gasteiger partial charge in [0.25, 0.3) is 0 Å². The Morgan fingerprint density at radius 3 is 2.38 bits per heavy atom. The maximum Gasteiger partial charge on any atom is 0.339 e. The highest BCUT2D eigenvalue weighted by Gasteiger charge is 2.88. The zero-order chi connectivity index (χ0) is 22.9. The molecule has 0 aromatic carbocycles. The van der Waals surface area contributed by atoms with Crippen LogP contribution in [0.25, 0.3) is 0 Å². The highest BCUT2D eigenvalue weighted by Crippen LogP contribution is 2.79. The van der Waals surface area contributed by atoms with Gasteiger partial charge in [-0.1, -0.05) is 27.7 Å². The lowest BCUT2D eigenvalue weighted by Crippen LogP contribution is -2.71. The molecule has 1 aromatic rings. The molecule has 0 unspecified atom stereocenters. The molecule has 3 heterocycles. The number of rotatable bonds is 1. The third-order valence-electron chi connectivity index (χ3n) is 10.8. The summed E-state index contributed by atoms with van der Waals surface area (Å²) < 4.78 is 17.6. The Balaban J connectivity index is 1.51. The number of esters is 1. The predicted octanol–water partition coefficient (Wildman–Crippen LogP) is 4.42. The van der Waals surface area contributed by atoms with E-state index in [9.17, 15) is 14.4 Å². The molecule has 5 fully saturated rings. The SMILES string of the molecule is CC1(C)C(=O)CC[C@@]2(C)[C@@H]1CC(=O)[C@]1(C)[C@H]2CC[C@@]2(C)[C@H](c3ccoc3)OC(=O)[C@H]3O[C@]321. The van der Waals surface area contributed by atoms with Gasteiger partial charge >= 0.3 is 5.97 Å². The van der Waals surface area contributed by atoms with E-state index in [2.05, 4.69) is 13.8 Å². The van der Waals surface area contributed by atoms with Gasteiger partial charge in [0.2, 0.25) is 0 Å². The Bertz CT molecular complexity index is 1040. The van der Waals surface area contributed by atoms with Crippen LogP contribution in [0.15, 0.2) is 23.0 Å². The van der Waals surface area contributed by atoms with E-state index < -0.39 is 34.1 Å². The second-order valence-electron chi connectivity index (χ2n) is 12.1. The van der Waals surface area contributed by atoms with E-state index >= 15 is 0 Å². The van der Waals surface area contributed by atoms with Crippen LogP contribution in [0.5, 0.6) is 0 Å². The Kier molecular flexibility index (Phi) is 3.71. The fourth-order valence-electron chi connectivity index (χ4n) is 9.05. The summed E-state index contributed by atoms with van der Waals surface area (Å²) in [4.78, 5) is 40.0. The number of carbonyl (C=O) groups excluding carboxylic acids is 3. The average Bonchev–Trinajstić information content (AvgIpc) is 3.30. The summed E-state index contributed by atoms with van der Waals surface area (Å²) >= 11 is 0. The van der Waals surface area contributed by atoms with Crippen LogP contribution in [-0.2, 0) is 23.9 Å².